The Balaban J connectivity index is 1.67. The summed E-state index contributed by atoms with van der Waals surface area (Å²) >= 11 is 7.18. The molecule has 0 unspecified atom stereocenters. The molecule has 7 heteroatoms. The molecule has 1 atom stereocenters. The van der Waals surface area contributed by atoms with Gasteiger partial charge in [0.2, 0.25) is 5.88 Å². The predicted molar refractivity (Wildman–Crippen MR) is 109 cm³/mol. The van der Waals surface area contributed by atoms with Crippen LogP contribution >= 0.6 is 23.6 Å². The number of rotatable bonds is 2. The molecule has 140 valence electrons. The largest absolute Gasteiger partial charge is 0.440 e. The Hall–Kier alpha value is -2.77. The summed E-state index contributed by atoms with van der Waals surface area (Å²) in [5.74, 6) is 0.467. The number of thiocarbonyl (C=S) groups is 1. The van der Waals surface area contributed by atoms with Gasteiger partial charge in [-0.3, -0.25) is 4.90 Å². The van der Waals surface area contributed by atoms with Gasteiger partial charge in [-0.05, 0) is 53.2 Å². The molecular formula is C21H14F2N2OS2. The molecule has 0 bridgehead atoms. The lowest BCUT2D eigenvalue weighted by Gasteiger charge is -2.42. The van der Waals surface area contributed by atoms with Gasteiger partial charge in [0.1, 0.15) is 28.5 Å². The number of nitrogens with zero attached hydrogens (tertiary/aromatic N) is 1. The van der Waals surface area contributed by atoms with Crippen LogP contribution in [0.1, 0.15) is 17.3 Å². The van der Waals surface area contributed by atoms with E-state index in [-0.39, 0.29) is 17.8 Å². The summed E-state index contributed by atoms with van der Waals surface area (Å²) in [6.07, 6.45) is 0.109. The van der Waals surface area contributed by atoms with Gasteiger partial charge in [0, 0.05) is 23.2 Å². The first kappa shape index (κ1) is 17.3. The molecule has 0 aliphatic carbocycles. The van der Waals surface area contributed by atoms with Crippen molar-refractivity contribution in [1.82, 2.24) is 5.32 Å². The van der Waals surface area contributed by atoms with E-state index in [2.05, 4.69) is 5.32 Å². The zero-order valence-corrected chi connectivity index (χ0v) is 16.1. The minimum atomic E-state index is -0.338. The van der Waals surface area contributed by atoms with E-state index in [9.17, 15) is 8.78 Å². The van der Waals surface area contributed by atoms with Gasteiger partial charge >= 0.3 is 0 Å². The SMILES string of the molecule is Fc1cccc(N2C3=C(Cc4cc(F)ccc4O3)C(=S)N[C@H]2c2ccsc2)c1. The maximum atomic E-state index is 14.0. The summed E-state index contributed by atoms with van der Waals surface area (Å²) in [6.45, 7) is 0. The molecule has 2 aliphatic heterocycles. The molecule has 3 heterocycles. The Kier molecular flexibility index (Phi) is 4.14. The summed E-state index contributed by atoms with van der Waals surface area (Å²) in [6, 6.07) is 12.8. The lowest BCUT2D eigenvalue weighted by Crippen LogP contribution is -2.49. The van der Waals surface area contributed by atoms with E-state index in [0.717, 1.165) is 16.7 Å². The molecular weight excluding hydrogens is 398 g/mol. The van der Waals surface area contributed by atoms with Crippen molar-refractivity contribution in [3.8, 4) is 5.75 Å². The summed E-state index contributed by atoms with van der Waals surface area (Å²) < 4.78 is 33.9. The first-order chi connectivity index (χ1) is 13.6. The molecule has 0 fully saturated rings. The van der Waals surface area contributed by atoms with Crippen molar-refractivity contribution in [2.24, 2.45) is 0 Å². The Morgan fingerprint density at radius 2 is 1.96 bits per heavy atom. The second-order valence-electron chi connectivity index (χ2n) is 6.60. The van der Waals surface area contributed by atoms with Crippen LogP contribution < -0.4 is 15.0 Å². The highest BCUT2D eigenvalue weighted by Gasteiger charge is 2.37. The van der Waals surface area contributed by atoms with Crippen LogP contribution in [-0.2, 0) is 6.42 Å². The zero-order chi connectivity index (χ0) is 19.3. The summed E-state index contributed by atoms with van der Waals surface area (Å²) in [7, 11) is 0. The van der Waals surface area contributed by atoms with Crippen molar-refractivity contribution in [1.29, 1.82) is 0 Å². The van der Waals surface area contributed by atoms with Crippen LogP contribution in [0.3, 0.4) is 0 Å². The van der Waals surface area contributed by atoms with E-state index in [1.807, 2.05) is 27.8 Å². The Bertz CT molecular complexity index is 1110. The highest BCUT2D eigenvalue weighted by molar-refractivity contribution is 7.80. The molecule has 0 spiro atoms. The Morgan fingerprint density at radius 3 is 2.75 bits per heavy atom. The minimum Gasteiger partial charge on any atom is -0.440 e. The molecule has 0 saturated heterocycles. The normalized spacial score (nSPS) is 18.3. The molecule has 2 aromatic carbocycles. The van der Waals surface area contributed by atoms with Crippen molar-refractivity contribution in [2.75, 3.05) is 4.90 Å². The fourth-order valence-electron chi connectivity index (χ4n) is 3.54. The Morgan fingerprint density at radius 1 is 1.11 bits per heavy atom. The average Bonchev–Trinajstić information content (AvgIpc) is 3.21. The van der Waals surface area contributed by atoms with Crippen molar-refractivity contribution in [3.05, 3.63) is 93.5 Å². The van der Waals surface area contributed by atoms with E-state index >= 15 is 0 Å². The molecule has 1 aromatic heterocycles. The van der Waals surface area contributed by atoms with Crippen LogP contribution in [0.15, 0.2) is 70.7 Å². The van der Waals surface area contributed by atoms with Crippen LogP contribution in [0.5, 0.6) is 5.75 Å². The molecule has 0 saturated carbocycles. The lowest BCUT2D eigenvalue weighted by atomic mass is 9.98. The predicted octanol–water partition coefficient (Wildman–Crippen LogP) is 5.31. The maximum absolute atomic E-state index is 14.0. The molecule has 1 N–H and O–H groups in total. The van der Waals surface area contributed by atoms with Crippen molar-refractivity contribution < 1.29 is 13.5 Å². The third-order valence-corrected chi connectivity index (χ3v) is 5.88. The molecule has 5 rings (SSSR count). The quantitative estimate of drug-likeness (QED) is 0.577. The Labute approximate surface area is 169 Å². The number of halogens is 2. The van der Waals surface area contributed by atoms with Crippen molar-refractivity contribution in [2.45, 2.75) is 12.6 Å². The fourth-order valence-corrected chi connectivity index (χ4v) is 4.49. The number of anilines is 1. The zero-order valence-electron chi connectivity index (χ0n) is 14.5. The van der Waals surface area contributed by atoms with E-state index in [0.29, 0.717) is 28.7 Å². The number of fused-ring (bicyclic) bond motifs is 1. The topological polar surface area (TPSA) is 24.5 Å². The van der Waals surface area contributed by atoms with E-state index in [1.54, 1.807) is 23.5 Å². The first-order valence-electron chi connectivity index (χ1n) is 8.67. The first-order valence-corrected chi connectivity index (χ1v) is 10.0. The van der Waals surface area contributed by atoms with Crippen LogP contribution in [0.2, 0.25) is 0 Å². The minimum absolute atomic E-state index is 0.320. The highest BCUT2D eigenvalue weighted by Crippen LogP contribution is 2.41. The third kappa shape index (κ3) is 2.87. The fraction of sp³-hybridized carbons (Fsp3) is 0.0952. The molecule has 3 aromatic rings. The van der Waals surface area contributed by atoms with Gasteiger partial charge in [-0.2, -0.15) is 11.3 Å². The number of nitrogens with one attached hydrogen (secondary N) is 1. The van der Waals surface area contributed by atoms with E-state index < -0.39 is 0 Å². The molecule has 2 aliphatic rings. The smallest absolute Gasteiger partial charge is 0.208 e. The van der Waals surface area contributed by atoms with Crippen LogP contribution in [-0.4, -0.2) is 4.99 Å². The average molecular weight is 412 g/mol. The molecule has 0 radical (unpaired) electrons. The van der Waals surface area contributed by atoms with Crippen molar-refractivity contribution >= 4 is 34.2 Å². The van der Waals surface area contributed by atoms with Gasteiger partial charge in [0.05, 0.1) is 5.57 Å². The standard InChI is InChI=1S/C21H14F2N2OS2/c22-14-2-1-3-16(10-14)25-19(12-6-7-28-11-12)24-20(27)17-9-13-8-15(23)4-5-18(13)26-21(17)25/h1-8,10-11,19H,9H2,(H,24,27)/t19-/m1/s1. The van der Waals surface area contributed by atoms with Gasteiger partial charge in [-0.15, -0.1) is 0 Å². The molecule has 28 heavy (non-hydrogen) atoms. The van der Waals surface area contributed by atoms with Gasteiger partial charge in [0.15, 0.2) is 0 Å². The summed E-state index contributed by atoms with van der Waals surface area (Å²) in [4.78, 5) is 2.46. The van der Waals surface area contributed by atoms with Gasteiger partial charge in [0.25, 0.3) is 0 Å². The summed E-state index contributed by atoms with van der Waals surface area (Å²) in [5, 5.41) is 7.34. The number of hydrogen-bond acceptors (Lipinski definition) is 4. The number of ether oxygens (including phenoxy) is 1. The molecule has 0 amide bonds. The van der Waals surface area contributed by atoms with E-state index in [4.69, 9.17) is 17.0 Å². The van der Waals surface area contributed by atoms with Crippen LogP contribution in [0.25, 0.3) is 0 Å². The monoisotopic (exact) mass is 412 g/mol. The molecule has 3 nitrogen and oxygen atoms in total. The number of hydrogen-bond donors (Lipinski definition) is 1. The van der Waals surface area contributed by atoms with Gasteiger partial charge < -0.3 is 10.1 Å². The second-order valence-corrected chi connectivity index (χ2v) is 7.79. The number of benzene rings is 2. The van der Waals surface area contributed by atoms with Crippen LogP contribution in [0.4, 0.5) is 14.5 Å². The summed E-state index contributed by atoms with van der Waals surface area (Å²) in [5.41, 5.74) is 3.13. The van der Waals surface area contributed by atoms with Crippen molar-refractivity contribution in [3.63, 3.8) is 0 Å². The third-order valence-electron chi connectivity index (χ3n) is 4.82. The van der Waals surface area contributed by atoms with E-state index in [1.165, 1.54) is 24.3 Å². The maximum Gasteiger partial charge on any atom is 0.208 e. The second kappa shape index (κ2) is 6.68. The van der Waals surface area contributed by atoms with Crippen LogP contribution in [0, 0.1) is 11.6 Å². The van der Waals surface area contributed by atoms with Gasteiger partial charge in [-0.25, -0.2) is 8.78 Å². The lowest BCUT2D eigenvalue weighted by molar-refractivity contribution is 0.358. The van der Waals surface area contributed by atoms with Gasteiger partial charge in [-0.1, -0.05) is 18.3 Å². The number of thiophene rings is 1. The highest BCUT2D eigenvalue weighted by atomic mass is 32.1.